The third-order valence-corrected chi connectivity index (χ3v) is 4.08. The Morgan fingerprint density at radius 1 is 1.29 bits per heavy atom. The van der Waals surface area contributed by atoms with E-state index < -0.39 is 5.41 Å². The molecule has 2 heterocycles. The number of hydrogen-bond donors (Lipinski definition) is 2. The predicted molar refractivity (Wildman–Crippen MR) is 92.3 cm³/mol. The summed E-state index contributed by atoms with van der Waals surface area (Å²) in [5, 5.41) is 14.0. The summed E-state index contributed by atoms with van der Waals surface area (Å²) >= 11 is 0. The van der Waals surface area contributed by atoms with E-state index in [2.05, 4.69) is 20.8 Å². The van der Waals surface area contributed by atoms with E-state index in [1.165, 1.54) is 0 Å². The number of hydrogen-bond acceptors (Lipinski definition) is 5. The van der Waals surface area contributed by atoms with Gasteiger partial charge in [-0.3, -0.25) is 9.59 Å². The fourth-order valence-corrected chi connectivity index (χ4v) is 2.57. The Morgan fingerprint density at radius 3 is 2.58 bits per heavy atom. The number of anilines is 1. The molecule has 0 bridgehead atoms. The smallest absolute Gasteiger partial charge is 0.225 e. The summed E-state index contributed by atoms with van der Waals surface area (Å²) in [6, 6.07) is 4.05. The SMILES string of the molecule is CC(C)(C)C(=O)NCCC(=O)N1CCC(Nc2cccnn2)CC1. The highest BCUT2D eigenvalue weighted by atomic mass is 16.2. The van der Waals surface area contributed by atoms with E-state index >= 15 is 0 Å². The highest BCUT2D eigenvalue weighted by Crippen LogP contribution is 2.15. The van der Waals surface area contributed by atoms with Crippen LogP contribution in [-0.4, -0.2) is 52.6 Å². The molecule has 1 aromatic rings. The van der Waals surface area contributed by atoms with Crippen LogP contribution in [0.3, 0.4) is 0 Å². The molecule has 1 aliphatic heterocycles. The lowest BCUT2D eigenvalue weighted by molar-refractivity contribution is -0.132. The van der Waals surface area contributed by atoms with Gasteiger partial charge in [0.25, 0.3) is 0 Å². The zero-order valence-corrected chi connectivity index (χ0v) is 14.7. The van der Waals surface area contributed by atoms with E-state index in [1.807, 2.05) is 37.8 Å². The highest BCUT2D eigenvalue weighted by Gasteiger charge is 2.24. The number of carbonyl (C=O) groups excluding carboxylic acids is 2. The lowest BCUT2D eigenvalue weighted by Gasteiger charge is -2.32. The van der Waals surface area contributed by atoms with Crippen molar-refractivity contribution in [2.75, 3.05) is 25.0 Å². The summed E-state index contributed by atoms with van der Waals surface area (Å²) < 4.78 is 0. The van der Waals surface area contributed by atoms with Gasteiger partial charge in [0.1, 0.15) is 5.82 Å². The molecule has 0 radical (unpaired) electrons. The number of rotatable bonds is 5. The quantitative estimate of drug-likeness (QED) is 0.851. The topological polar surface area (TPSA) is 87.2 Å². The molecule has 1 fully saturated rings. The molecule has 1 aliphatic rings. The molecule has 1 saturated heterocycles. The number of carbonyl (C=O) groups is 2. The molecule has 1 aromatic heterocycles. The number of amides is 2. The van der Waals surface area contributed by atoms with E-state index in [0.717, 1.165) is 31.7 Å². The maximum Gasteiger partial charge on any atom is 0.225 e. The van der Waals surface area contributed by atoms with Crippen LogP contribution in [-0.2, 0) is 9.59 Å². The Kier molecular flexibility index (Phi) is 6.11. The van der Waals surface area contributed by atoms with Gasteiger partial charge in [-0.05, 0) is 25.0 Å². The van der Waals surface area contributed by atoms with Crippen molar-refractivity contribution < 1.29 is 9.59 Å². The largest absolute Gasteiger partial charge is 0.366 e. The molecule has 132 valence electrons. The first kappa shape index (κ1) is 18.2. The van der Waals surface area contributed by atoms with E-state index in [1.54, 1.807) is 6.20 Å². The lowest BCUT2D eigenvalue weighted by Crippen LogP contribution is -2.44. The van der Waals surface area contributed by atoms with Gasteiger partial charge in [0, 0.05) is 43.7 Å². The van der Waals surface area contributed by atoms with Crippen LogP contribution in [0.2, 0.25) is 0 Å². The van der Waals surface area contributed by atoms with Crippen molar-refractivity contribution in [1.29, 1.82) is 0 Å². The van der Waals surface area contributed by atoms with Gasteiger partial charge in [-0.15, -0.1) is 5.10 Å². The zero-order valence-electron chi connectivity index (χ0n) is 14.7. The fourth-order valence-electron chi connectivity index (χ4n) is 2.57. The minimum Gasteiger partial charge on any atom is -0.366 e. The number of likely N-dealkylation sites (tertiary alicyclic amines) is 1. The lowest BCUT2D eigenvalue weighted by atomic mass is 9.96. The van der Waals surface area contributed by atoms with Crippen molar-refractivity contribution in [3.63, 3.8) is 0 Å². The Bertz CT molecular complexity index is 548. The van der Waals surface area contributed by atoms with Crippen molar-refractivity contribution in [2.24, 2.45) is 5.41 Å². The second-order valence-corrected chi connectivity index (χ2v) is 7.16. The Morgan fingerprint density at radius 2 is 2.00 bits per heavy atom. The van der Waals surface area contributed by atoms with Crippen LogP contribution < -0.4 is 10.6 Å². The molecule has 0 atom stereocenters. The molecule has 0 aliphatic carbocycles. The Balaban J connectivity index is 1.68. The minimum atomic E-state index is -0.423. The molecule has 2 amide bonds. The molecule has 0 saturated carbocycles. The van der Waals surface area contributed by atoms with E-state index in [-0.39, 0.29) is 11.8 Å². The molecular formula is C17H27N5O2. The standard InChI is InChI=1S/C17H27N5O2/c1-17(2,3)16(24)18-10-6-15(23)22-11-7-13(8-12-22)20-14-5-4-9-19-21-14/h4-5,9,13H,6-8,10-12H2,1-3H3,(H,18,24)(H,20,21). The van der Waals surface area contributed by atoms with Gasteiger partial charge in [-0.25, -0.2) is 0 Å². The molecule has 2 rings (SSSR count). The van der Waals surface area contributed by atoms with Crippen molar-refractivity contribution in [3.8, 4) is 0 Å². The number of piperidine rings is 1. The average Bonchev–Trinajstić information content (AvgIpc) is 2.55. The summed E-state index contributed by atoms with van der Waals surface area (Å²) in [4.78, 5) is 25.9. The van der Waals surface area contributed by atoms with Crippen LogP contribution in [0, 0.1) is 5.41 Å². The van der Waals surface area contributed by atoms with Gasteiger partial charge in [0.15, 0.2) is 0 Å². The van der Waals surface area contributed by atoms with Gasteiger partial charge >= 0.3 is 0 Å². The molecule has 2 N–H and O–H groups in total. The normalized spacial score (nSPS) is 15.9. The Hall–Kier alpha value is -2.18. The second-order valence-electron chi connectivity index (χ2n) is 7.16. The van der Waals surface area contributed by atoms with Crippen LogP contribution in [0.15, 0.2) is 18.3 Å². The maximum atomic E-state index is 12.2. The van der Waals surface area contributed by atoms with E-state index in [9.17, 15) is 9.59 Å². The summed E-state index contributed by atoms with van der Waals surface area (Å²) in [7, 11) is 0. The van der Waals surface area contributed by atoms with Crippen LogP contribution in [0.4, 0.5) is 5.82 Å². The molecular weight excluding hydrogens is 306 g/mol. The molecule has 7 heteroatoms. The fraction of sp³-hybridized carbons (Fsp3) is 0.647. The van der Waals surface area contributed by atoms with Crippen LogP contribution in [0.25, 0.3) is 0 Å². The first-order valence-corrected chi connectivity index (χ1v) is 8.46. The molecule has 24 heavy (non-hydrogen) atoms. The maximum absolute atomic E-state index is 12.2. The van der Waals surface area contributed by atoms with Gasteiger partial charge < -0.3 is 15.5 Å². The highest BCUT2D eigenvalue weighted by molar-refractivity contribution is 5.82. The van der Waals surface area contributed by atoms with Crippen LogP contribution >= 0.6 is 0 Å². The third-order valence-electron chi connectivity index (χ3n) is 4.08. The first-order valence-electron chi connectivity index (χ1n) is 8.46. The molecule has 0 aromatic carbocycles. The summed E-state index contributed by atoms with van der Waals surface area (Å²) in [6.45, 7) is 7.43. The Labute approximate surface area is 143 Å². The first-order chi connectivity index (χ1) is 11.4. The second kappa shape index (κ2) is 8.08. The van der Waals surface area contributed by atoms with Crippen molar-refractivity contribution in [2.45, 2.75) is 46.1 Å². The zero-order chi connectivity index (χ0) is 17.6. The van der Waals surface area contributed by atoms with Crippen molar-refractivity contribution in [1.82, 2.24) is 20.4 Å². The van der Waals surface area contributed by atoms with Crippen LogP contribution in [0.5, 0.6) is 0 Å². The molecule has 0 spiro atoms. The summed E-state index contributed by atoms with van der Waals surface area (Å²) in [5.41, 5.74) is -0.423. The van der Waals surface area contributed by atoms with Crippen molar-refractivity contribution in [3.05, 3.63) is 18.3 Å². The van der Waals surface area contributed by atoms with E-state index in [0.29, 0.717) is 19.0 Å². The van der Waals surface area contributed by atoms with Gasteiger partial charge in [-0.1, -0.05) is 20.8 Å². The van der Waals surface area contributed by atoms with Crippen molar-refractivity contribution >= 4 is 17.6 Å². The monoisotopic (exact) mass is 333 g/mol. The average molecular weight is 333 g/mol. The van der Waals surface area contributed by atoms with Gasteiger partial charge in [0.05, 0.1) is 0 Å². The minimum absolute atomic E-state index is 0.0258. The summed E-state index contributed by atoms with van der Waals surface area (Å²) in [6.07, 6.45) is 3.77. The van der Waals surface area contributed by atoms with E-state index in [4.69, 9.17) is 0 Å². The van der Waals surface area contributed by atoms with Gasteiger partial charge in [0.2, 0.25) is 11.8 Å². The summed E-state index contributed by atoms with van der Waals surface area (Å²) in [5.74, 6) is 0.844. The number of aromatic nitrogens is 2. The van der Waals surface area contributed by atoms with Gasteiger partial charge in [-0.2, -0.15) is 5.10 Å². The number of nitrogens with zero attached hydrogens (tertiary/aromatic N) is 3. The van der Waals surface area contributed by atoms with Crippen LogP contribution in [0.1, 0.15) is 40.0 Å². The predicted octanol–water partition coefficient (Wildman–Crippen LogP) is 1.43. The third kappa shape index (κ3) is 5.47. The molecule has 7 nitrogen and oxygen atoms in total. The molecule has 0 unspecified atom stereocenters. The number of nitrogens with one attached hydrogen (secondary N) is 2.